The number of aliphatic hydroxyl groups excluding tert-OH is 1. The van der Waals surface area contributed by atoms with Gasteiger partial charge in [-0.15, -0.1) is 0 Å². The number of aliphatic hydroxyl groups is 1. The Hall–Kier alpha value is -0.610. The molecule has 1 aliphatic heterocycles. The van der Waals surface area contributed by atoms with Crippen LogP contribution in [-0.4, -0.2) is 47.8 Å². The lowest BCUT2D eigenvalue weighted by atomic mass is 10.0. The van der Waals surface area contributed by atoms with E-state index in [1.165, 1.54) is 0 Å². The van der Waals surface area contributed by atoms with Crippen molar-refractivity contribution in [3.63, 3.8) is 0 Å². The van der Waals surface area contributed by atoms with Crippen LogP contribution >= 0.6 is 0 Å². The molecule has 4 heteroatoms. The third kappa shape index (κ3) is 2.07. The van der Waals surface area contributed by atoms with E-state index in [4.69, 9.17) is 4.74 Å². The second kappa shape index (κ2) is 4.28. The second-order valence-electron chi connectivity index (χ2n) is 3.98. The number of carbonyl (C=O) groups is 1. The molecule has 0 aromatic heterocycles. The number of methoxy groups -OCH3 is 1. The maximum Gasteiger partial charge on any atom is 0.254 e. The van der Waals surface area contributed by atoms with Gasteiger partial charge in [-0.25, -0.2) is 0 Å². The standard InChI is InChI=1S/C10H19NO3/c1-4-10(2,14-3)9(13)11-6-5-8(12)7-11/h8,12H,4-7H2,1-3H3/t8-,10?/m1/s1. The predicted octanol–water partition coefficient (Wildman–Crippen LogP) is 0.395. The number of carbonyl (C=O) groups excluding carboxylic acids is 1. The Morgan fingerprint density at radius 1 is 1.71 bits per heavy atom. The van der Waals surface area contributed by atoms with E-state index in [0.29, 0.717) is 25.9 Å². The molecular weight excluding hydrogens is 182 g/mol. The van der Waals surface area contributed by atoms with Gasteiger partial charge in [-0.3, -0.25) is 4.79 Å². The molecule has 0 saturated carbocycles. The van der Waals surface area contributed by atoms with Crippen LogP contribution in [0.3, 0.4) is 0 Å². The lowest BCUT2D eigenvalue weighted by Crippen LogP contribution is -2.47. The number of ether oxygens (including phenoxy) is 1. The molecule has 1 heterocycles. The minimum Gasteiger partial charge on any atom is -0.391 e. The number of β-amino-alcohol motifs (C(OH)–C–C–N with tert-alkyl or cyclic N) is 1. The summed E-state index contributed by atoms with van der Waals surface area (Å²) in [5, 5.41) is 9.32. The zero-order valence-electron chi connectivity index (χ0n) is 9.12. The first-order chi connectivity index (χ1) is 6.53. The maximum atomic E-state index is 12.0. The van der Waals surface area contributed by atoms with Crippen molar-refractivity contribution in [1.29, 1.82) is 0 Å². The molecule has 1 unspecified atom stereocenters. The summed E-state index contributed by atoms with van der Waals surface area (Å²) < 4.78 is 5.22. The lowest BCUT2D eigenvalue weighted by Gasteiger charge is -2.30. The van der Waals surface area contributed by atoms with E-state index in [9.17, 15) is 9.90 Å². The minimum absolute atomic E-state index is 0.0148. The largest absolute Gasteiger partial charge is 0.391 e. The van der Waals surface area contributed by atoms with Crippen LogP contribution < -0.4 is 0 Å². The molecule has 0 aliphatic carbocycles. The van der Waals surface area contributed by atoms with Gasteiger partial charge in [0.25, 0.3) is 5.91 Å². The summed E-state index contributed by atoms with van der Waals surface area (Å²) in [6.45, 7) is 4.80. The molecule has 1 rings (SSSR count). The van der Waals surface area contributed by atoms with Crippen LogP contribution in [0, 0.1) is 0 Å². The molecule has 0 radical (unpaired) electrons. The third-order valence-corrected chi connectivity index (χ3v) is 3.03. The van der Waals surface area contributed by atoms with Gasteiger partial charge >= 0.3 is 0 Å². The average Bonchev–Trinajstić information content (AvgIpc) is 2.62. The highest BCUT2D eigenvalue weighted by Crippen LogP contribution is 2.20. The van der Waals surface area contributed by atoms with Crippen molar-refractivity contribution < 1.29 is 14.6 Å². The Morgan fingerprint density at radius 2 is 2.36 bits per heavy atom. The van der Waals surface area contributed by atoms with E-state index in [0.717, 1.165) is 0 Å². The van der Waals surface area contributed by atoms with Crippen molar-refractivity contribution in [3.8, 4) is 0 Å². The van der Waals surface area contributed by atoms with E-state index in [-0.39, 0.29) is 12.0 Å². The highest BCUT2D eigenvalue weighted by molar-refractivity contribution is 5.85. The molecule has 1 amide bonds. The van der Waals surface area contributed by atoms with Crippen molar-refractivity contribution >= 4 is 5.91 Å². The normalized spacial score (nSPS) is 26.3. The number of likely N-dealkylation sites (tertiary alicyclic amines) is 1. The Balaban J connectivity index is 2.64. The predicted molar refractivity (Wildman–Crippen MR) is 52.9 cm³/mol. The van der Waals surface area contributed by atoms with Gasteiger partial charge in [-0.2, -0.15) is 0 Å². The van der Waals surface area contributed by atoms with Crippen molar-refractivity contribution in [2.45, 2.75) is 38.4 Å². The van der Waals surface area contributed by atoms with Crippen molar-refractivity contribution in [2.75, 3.05) is 20.2 Å². The van der Waals surface area contributed by atoms with Crippen LogP contribution in [0.25, 0.3) is 0 Å². The number of rotatable bonds is 3. The molecule has 2 atom stereocenters. The maximum absolute atomic E-state index is 12.0. The lowest BCUT2D eigenvalue weighted by molar-refractivity contribution is -0.152. The molecule has 0 aromatic carbocycles. The molecule has 82 valence electrons. The van der Waals surface area contributed by atoms with Gasteiger partial charge < -0.3 is 14.7 Å². The number of hydrogen-bond donors (Lipinski definition) is 1. The fourth-order valence-corrected chi connectivity index (χ4v) is 1.64. The van der Waals surface area contributed by atoms with Gasteiger partial charge in [0.2, 0.25) is 0 Å². The van der Waals surface area contributed by atoms with E-state index in [1.807, 2.05) is 6.92 Å². The summed E-state index contributed by atoms with van der Waals surface area (Å²) in [4.78, 5) is 13.6. The zero-order valence-corrected chi connectivity index (χ0v) is 9.12. The first kappa shape index (κ1) is 11.5. The monoisotopic (exact) mass is 201 g/mol. The topological polar surface area (TPSA) is 49.8 Å². The van der Waals surface area contributed by atoms with Gasteiger partial charge in [0.15, 0.2) is 0 Å². The molecule has 14 heavy (non-hydrogen) atoms. The summed E-state index contributed by atoms with van der Waals surface area (Å²) in [5.41, 5.74) is -0.732. The fraction of sp³-hybridized carbons (Fsp3) is 0.900. The summed E-state index contributed by atoms with van der Waals surface area (Å²) in [6, 6.07) is 0. The summed E-state index contributed by atoms with van der Waals surface area (Å²) in [5.74, 6) is -0.0148. The van der Waals surface area contributed by atoms with E-state index >= 15 is 0 Å². The second-order valence-corrected chi connectivity index (χ2v) is 3.98. The SMILES string of the molecule is CCC(C)(OC)C(=O)N1CC[C@@H](O)C1. The van der Waals surface area contributed by atoms with Crippen molar-refractivity contribution in [2.24, 2.45) is 0 Å². The van der Waals surface area contributed by atoms with Crippen LogP contribution in [0.5, 0.6) is 0 Å². The summed E-state index contributed by atoms with van der Waals surface area (Å²) in [7, 11) is 1.55. The Kier molecular flexibility index (Phi) is 3.50. The van der Waals surface area contributed by atoms with Crippen LogP contribution in [0.2, 0.25) is 0 Å². The number of hydrogen-bond acceptors (Lipinski definition) is 3. The van der Waals surface area contributed by atoms with E-state index in [2.05, 4.69) is 0 Å². The summed E-state index contributed by atoms with van der Waals surface area (Å²) in [6.07, 6.45) is 0.960. The molecule has 4 nitrogen and oxygen atoms in total. The highest BCUT2D eigenvalue weighted by atomic mass is 16.5. The Labute approximate surface area is 84.8 Å². The molecule has 1 fully saturated rings. The Bertz CT molecular complexity index is 213. The molecule has 0 spiro atoms. The van der Waals surface area contributed by atoms with Crippen LogP contribution in [-0.2, 0) is 9.53 Å². The van der Waals surface area contributed by atoms with Crippen molar-refractivity contribution in [3.05, 3.63) is 0 Å². The van der Waals surface area contributed by atoms with Gasteiger partial charge in [0, 0.05) is 20.2 Å². The van der Waals surface area contributed by atoms with Gasteiger partial charge in [0.05, 0.1) is 6.10 Å². The highest BCUT2D eigenvalue weighted by Gasteiger charge is 2.37. The molecule has 1 saturated heterocycles. The first-order valence-electron chi connectivity index (χ1n) is 5.06. The number of nitrogens with zero attached hydrogens (tertiary/aromatic N) is 1. The van der Waals surface area contributed by atoms with E-state index in [1.54, 1.807) is 18.9 Å². The van der Waals surface area contributed by atoms with Gasteiger partial charge in [-0.1, -0.05) is 6.92 Å². The molecule has 1 aliphatic rings. The van der Waals surface area contributed by atoms with Crippen LogP contribution in [0.15, 0.2) is 0 Å². The van der Waals surface area contributed by atoms with Crippen LogP contribution in [0.4, 0.5) is 0 Å². The molecule has 0 bridgehead atoms. The molecular formula is C10H19NO3. The number of amides is 1. The van der Waals surface area contributed by atoms with Gasteiger partial charge in [0.1, 0.15) is 5.60 Å². The Morgan fingerprint density at radius 3 is 2.71 bits per heavy atom. The van der Waals surface area contributed by atoms with E-state index < -0.39 is 5.60 Å². The third-order valence-electron chi connectivity index (χ3n) is 3.03. The molecule has 0 aromatic rings. The van der Waals surface area contributed by atoms with Crippen LogP contribution in [0.1, 0.15) is 26.7 Å². The average molecular weight is 201 g/mol. The van der Waals surface area contributed by atoms with Crippen molar-refractivity contribution in [1.82, 2.24) is 4.90 Å². The molecule has 1 N–H and O–H groups in total. The smallest absolute Gasteiger partial charge is 0.254 e. The van der Waals surface area contributed by atoms with Gasteiger partial charge in [-0.05, 0) is 19.8 Å². The zero-order chi connectivity index (χ0) is 10.8. The minimum atomic E-state index is -0.732. The first-order valence-corrected chi connectivity index (χ1v) is 5.06. The summed E-state index contributed by atoms with van der Waals surface area (Å²) >= 11 is 0. The fourth-order valence-electron chi connectivity index (χ4n) is 1.64. The quantitative estimate of drug-likeness (QED) is 0.719.